The summed E-state index contributed by atoms with van der Waals surface area (Å²) in [4.78, 5) is 81.5. The van der Waals surface area contributed by atoms with E-state index in [2.05, 4.69) is 33.9 Å². The third-order valence-electron chi connectivity index (χ3n) is 4.88. The van der Waals surface area contributed by atoms with Gasteiger partial charge in [-0.3, -0.25) is 28.8 Å². The molecule has 0 heterocycles. The lowest BCUT2D eigenvalue weighted by Gasteiger charge is -2.23. The van der Waals surface area contributed by atoms with Gasteiger partial charge in [0.15, 0.2) is 0 Å². The quantitative estimate of drug-likeness (QED) is 0.0823. The Kier molecular flexibility index (Phi) is 13.2. The van der Waals surface area contributed by atoms with Gasteiger partial charge in [0.25, 0.3) is 0 Å². The standard InChI is InChI=1S/C22H28N4O10S/c27-11-23-9-13-3-1-12(2-4-13)7-17(28)24-14(5-6-18(29)30)20(33)25-15(8-19(31)32)21(34)26-16(10-37)22(35)36/h1-4,11,14-16,37H,5-10H2,(H,23,27)(H,24,28)(H,25,33)(H,26,34)(H,29,30)(H,31,32)(H,35,36)/t14-,15-,16-/m0/s1. The number of nitrogens with one attached hydrogen (secondary N) is 4. The Morgan fingerprint density at radius 2 is 1.38 bits per heavy atom. The van der Waals surface area contributed by atoms with Gasteiger partial charge in [-0.05, 0) is 17.5 Å². The van der Waals surface area contributed by atoms with Gasteiger partial charge >= 0.3 is 17.9 Å². The lowest BCUT2D eigenvalue weighted by atomic mass is 10.1. The Morgan fingerprint density at radius 1 is 0.811 bits per heavy atom. The van der Waals surface area contributed by atoms with E-state index in [0.29, 0.717) is 18.5 Å². The molecule has 0 fully saturated rings. The van der Waals surface area contributed by atoms with Crippen molar-refractivity contribution in [3.8, 4) is 0 Å². The van der Waals surface area contributed by atoms with Crippen LogP contribution in [-0.2, 0) is 46.5 Å². The van der Waals surface area contributed by atoms with Gasteiger partial charge in [0.2, 0.25) is 24.1 Å². The Hall–Kier alpha value is -4.14. The molecule has 0 unspecified atom stereocenters. The first-order valence-electron chi connectivity index (χ1n) is 10.9. The van der Waals surface area contributed by atoms with Crippen LogP contribution in [0.1, 0.15) is 30.4 Å². The zero-order valence-electron chi connectivity index (χ0n) is 19.5. The average Bonchev–Trinajstić information content (AvgIpc) is 2.83. The SMILES string of the molecule is O=CNCc1ccc(CC(=O)N[C@@H](CCC(=O)O)C(=O)N[C@@H](CC(=O)O)C(=O)N[C@@H](CS)C(=O)O)cc1. The van der Waals surface area contributed by atoms with Crippen LogP contribution in [-0.4, -0.2) is 81.2 Å². The summed E-state index contributed by atoms with van der Waals surface area (Å²) in [6, 6.07) is 2.03. The summed E-state index contributed by atoms with van der Waals surface area (Å²) in [7, 11) is 0. The van der Waals surface area contributed by atoms with E-state index in [1.54, 1.807) is 24.3 Å². The first-order valence-corrected chi connectivity index (χ1v) is 11.5. The Labute approximate surface area is 216 Å². The number of amides is 4. The number of aliphatic carboxylic acids is 3. The number of hydrogen-bond donors (Lipinski definition) is 8. The Balaban J connectivity index is 2.95. The molecular formula is C22H28N4O10S. The summed E-state index contributed by atoms with van der Waals surface area (Å²) in [5.74, 6) is -7.25. The molecule has 0 aliphatic rings. The van der Waals surface area contributed by atoms with Crippen LogP contribution in [0.3, 0.4) is 0 Å². The topological polar surface area (TPSA) is 228 Å². The molecule has 0 aliphatic carbocycles. The highest BCUT2D eigenvalue weighted by Gasteiger charge is 2.31. The predicted octanol–water partition coefficient (Wildman–Crippen LogP) is -1.72. The molecule has 0 saturated carbocycles. The van der Waals surface area contributed by atoms with Crippen LogP contribution >= 0.6 is 12.6 Å². The molecule has 15 heteroatoms. The third kappa shape index (κ3) is 11.9. The van der Waals surface area contributed by atoms with Crippen molar-refractivity contribution in [1.29, 1.82) is 0 Å². The maximum atomic E-state index is 12.8. The van der Waals surface area contributed by atoms with E-state index in [1.165, 1.54) is 0 Å². The normalized spacial score (nSPS) is 12.8. The summed E-state index contributed by atoms with van der Waals surface area (Å²) in [6.07, 6.45) is -1.42. The Morgan fingerprint density at radius 3 is 1.89 bits per heavy atom. The first-order chi connectivity index (χ1) is 17.5. The van der Waals surface area contributed by atoms with E-state index in [4.69, 9.17) is 15.3 Å². The second-order valence-electron chi connectivity index (χ2n) is 7.79. The molecule has 1 aromatic carbocycles. The largest absolute Gasteiger partial charge is 0.481 e. The fourth-order valence-electron chi connectivity index (χ4n) is 3.02. The van der Waals surface area contributed by atoms with E-state index >= 15 is 0 Å². The van der Waals surface area contributed by atoms with Crippen LogP contribution in [0, 0.1) is 0 Å². The lowest BCUT2D eigenvalue weighted by Crippen LogP contribution is -2.56. The Bertz CT molecular complexity index is 1000. The van der Waals surface area contributed by atoms with Crippen molar-refractivity contribution in [2.75, 3.05) is 5.75 Å². The molecular weight excluding hydrogens is 512 g/mol. The summed E-state index contributed by atoms with van der Waals surface area (Å²) >= 11 is 3.80. The van der Waals surface area contributed by atoms with Gasteiger partial charge in [-0.15, -0.1) is 0 Å². The molecule has 37 heavy (non-hydrogen) atoms. The zero-order valence-corrected chi connectivity index (χ0v) is 20.4. The van der Waals surface area contributed by atoms with Crippen molar-refractivity contribution in [3.05, 3.63) is 35.4 Å². The number of carbonyl (C=O) groups excluding carboxylic acids is 4. The van der Waals surface area contributed by atoms with E-state index < -0.39 is 66.6 Å². The molecule has 7 N–H and O–H groups in total. The molecule has 3 atom stereocenters. The van der Waals surface area contributed by atoms with Gasteiger partial charge < -0.3 is 36.6 Å². The summed E-state index contributed by atoms with van der Waals surface area (Å²) < 4.78 is 0. The smallest absolute Gasteiger partial charge is 0.327 e. The summed E-state index contributed by atoms with van der Waals surface area (Å²) in [5, 5.41) is 36.2. The van der Waals surface area contributed by atoms with Gasteiger partial charge in [0.1, 0.15) is 18.1 Å². The molecule has 0 radical (unpaired) electrons. The highest BCUT2D eigenvalue weighted by molar-refractivity contribution is 7.80. The van der Waals surface area contributed by atoms with Crippen LogP contribution in [0.25, 0.3) is 0 Å². The van der Waals surface area contributed by atoms with E-state index in [9.17, 15) is 33.6 Å². The minimum atomic E-state index is -1.71. The molecule has 14 nitrogen and oxygen atoms in total. The van der Waals surface area contributed by atoms with Crippen molar-refractivity contribution in [2.45, 2.75) is 50.4 Å². The fraction of sp³-hybridized carbons (Fsp3) is 0.409. The third-order valence-corrected chi connectivity index (χ3v) is 5.25. The number of carboxylic acids is 3. The van der Waals surface area contributed by atoms with Crippen LogP contribution in [0.5, 0.6) is 0 Å². The minimum absolute atomic E-state index is 0.181. The van der Waals surface area contributed by atoms with Crippen LogP contribution in [0.2, 0.25) is 0 Å². The van der Waals surface area contributed by atoms with Gasteiger partial charge in [0.05, 0.1) is 12.8 Å². The van der Waals surface area contributed by atoms with Crippen LogP contribution in [0.15, 0.2) is 24.3 Å². The first kappa shape index (κ1) is 30.9. The van der Waals surface area contributed by atoms with Crippen LogP contribution < -0.4 is 21.3 Å². The monoisotopic (exact) mass is 540 g/mol. The number of benzene rings is 1. The summed E-state index contributed by atoms with van der Waals surface area (Å²) in [5.41, 5.74) is 1.33. The molecule has 4 amide bonds. The van der Waals surface area contributed by atoms with Gasteiger partial charge in [0, 0.05) is 18.7 Å². The van der Waals surface area contributed by atoms with Crippen molar-refractivity contribution in [2.24, 2.45) is 0 Å². The fourth-order valence-corrected chi connectivity index (χ4v) is 3.26. The molecule has 202 valence electrons. The van der Waals surface area contributed by atoms with Gasteiger partial charge in [-0.2, -0.15) is 12.6 Å². The van der Waals surface area contributed by atoms with Crippen LogP contribution in [0.4, 0.5) is 0 Å². The van der Waals surface area contributed by atoms with E-state index in [1.807, 2.05) is 0 Å². The number of hydrogen-bond acceptors (Lipinski definition) is 8. The number of thiol groups is 1. The van der Waals surface area contributed by atoms with Crippen molar-refractivity contribution in [1.82, 2.24) is 21.3 Å². The molecule has 1 rings (SSSR count). The second-order valence-corrected chi connectivity index (χ2v) is 8.15. The number of carboxylic acid groups (broad SMARTS) is 3. The second kappa shape index (κ2) is 15.8. The zero-order chi connectivity index (χ0) is 28.0. The maximum Gasteiger partial charge on any atom is 0.327 e. The number of carbonyl (C=O) groups is 7. The molecule has 1 aromatic rings. The summed E-state index contributed by atoms with van der Waals surface area (Å²) in [6.45, 7) is 0.291. The van der Waals surface area contributed by atoms with E-state index in [0.717, 1.165) is 5.56 Å². The van der Waals surface area contributed by atoms with Crippen molar-refractivity contribution in [3.63, 3.8) is 0 Å². The molecule has 0 aromatic heterocycles. The average molecular weight is 541 g/mol. The van der Waals surface area contributed by atoms with Gasteiger partial charge in [-0.1, -0.05) is 24.3 Å². The number of rotatable bonds is 17. The molecule has 0 bridgehead atoms. The highest BCUT2D eigenvalue weighted by Crippen LogP contribution is 2.07. The lowest BCUT2D eigenvalue weighted by molar-refractivity contribution is -0.143. The van der Waals surface area contributed by atoms with Gasteiger partial charge in [-0.25, -0.2) is 4.79 Å². The predicted molar refractivity (Wildman–Crippen MR) is 129 cm³/mol. The maximum absolute atomic E-state index is 12.8. The molecule has 0 aliphatic heterocycles. The highest BCUT2D eigenvalue weighted by atomic mass is 32.1. The van der Waals surface area contributed by atoms with Crippen molar-refractivity contribution < 1.29 is 48.9 Å². The van der Waals surface area contributed by atoms with E-state index in [-0.39, 0.29) is 18.6 Å². The minimum Gasteiger partial charge on any atom is -0.481 e. The molecule has 0 saturated heterocycles. The van der Waals surface area contributed by atoms with Crippen molar-refractivity contribution >= 4 is 54.7 Å². The molecule has 0 spiro atoms.